The summed E-state index contributed by atoms with van der Waals surface area (Å²) in [6.45, 7) is 2.33. The Hall–Kier alpha value is -1.71. The molecule has 1 aliphatic rings. The number of nitrogens with zero attached hydrogens (tertiary/aromatic N) is 2. The fourth-order valence-corrected chi connectivity index (χ4v) is 1.98. The SMILES string of the molecule is CN(C)C(=O)CN1CCCNc2ccccc21. The maximum absolute atomic E-state index is 11.8. The summed E-state index contributed by atoms with van der Waals surface area (Å²) < 4.78 is 0. The van der Waals surface area contributed by atoms with E-state index in [1.807, 2.05) is 12.1 Å². The lowest BCUT2D eigenvalue weighted by molar-refractivity contribution is -0.127. The van der Waals surface area contributed by atoms with Gasteiger partial charge in [0.2, 0.25) is 5.91 Å². The topological polar surface area (TPSA) is 35.6 Å². The number of para-hydroxylation sites is 2. The van der Waals surface area contributed by atoms with E-state index in [4.69, 9.17) is 0 Å². The Balaban J connectivity index is 2.20. The van der Waals surface area contributed by atoms with Crippen LogP contribution in [0, 0.1) is 0 Å². The Morgan fingerprint density at radius 2 is 2.18 bits per heavy atom. The zero-order valence-electron chi connectivity index (χ0n) is 10.4. The number of benzene rings is 1. The Labute approximate surface area is 102 Å². The molecule has 0 saturated heterocycles. The molecule has 1 N–H and O–H groups in total. The monoisotopic (exact) mass is 233 g/mol. The minimum atomic E-state index is 0.140. The van der Waals surface area contributed by atoms with Crippen molar-refractivity contribution < 1.29 is 4.79 Å². The molecule has 1 aromatic rings. The van der Waals surface area contributed by atoms with Gasteiger partial charge >= 0.3 is 0 Å². The van der Waals surface area contributed by atoms with Gasteiger partial charge in [-0.15, -0.1) is 0 Å². The third kappa shape index (κ3) is 2.70. The van der Waals surface area contributed by atoms with Crippen molar-refractivity contribution in [1.82, 2.24) is 4.90 Å². The Bertz CT molecular complexity index is 403. The van der Waals surface area contributed by atoms with E-state index in [-0.39, 0.29) is 5.91 Å². The summed E-state index contributed by atoms with van der Waals surface area (Å²) in [6, 6.07) is 8.16. The van der Waals surface area contributed by atoms with Gasteiger partial charge in [-0.1, -0.05) is 12.1 Å². The summed E-state index contributed by atoms with van der Waals surface area (Å²) in [5.74, 6) is 0.140. The quantitative estimate of drug-likeness (QED) is 0.838. The second-order valence-electron chi connectivity index (χ2n) is 4.51. The molecular weight excluding hydrogens is 214 g/mol. The third-order valence-corrected chi connectivity index (χ3v) is 2.99. The molecule has 0 bridgehead atoms. The average Bonchev–Trinajstić information content (AvgIpc) is 2.52. The van der Waals surface area contributed by atoms with Crippen LogP contribution in [0.1, 0.15) is 6.42 Å². The smallest absolute Gasteiger partial charge is 0.241 e. The van der Waals surface area contributed by atoms with Gasteiger partial charge in [0.1, 0.15) is 0 Å². The summed E-state index contributed by atoms with van der Waals surface area (Å²) in [6.07, 6.45) is 1.05. The van der Waals surface area contributed by atoms with Crippen molar-refractivity contribution in [3.8, 4) is 0 Å². The fourth-order valence-electron chi connectivity index (χ4n) is 1.98. The van der Waals surface area contributed by atoms with Crippen molar-refractivity contribution in [2.24, 2.45) is 0 Å². The molecule has 0 spiro atoms. The maximum atomic E-state index is 11.8. The van der Waals surface area contributed by atoms with Crippen LogP contribution in [-0.2, 0) is 4.79 Å². The predicted molar refractivity (Wildman–Crippen MR) is 70.5 cm³/mol. The second-order valence-corrected chi connectivity index (χ2v) is 4.51. The number of hydrogen-bond donors (Lipinski definition) is 1. The van der Waals surface area contributed by atoms with Gasteiger partial charge in [-0.25, -0.2) is 0 Å². The molecule has 1 heterocycles. The van der Waals surface area contributed by atoms with Crippen molar-refractivity contribution in [2.75, 3.05) is 43.9 Å². The maximum Gasteiger partial charge on any atom is 0.241 e. The van der Waals surface area contributed by atoms with Gasteiger partial charge < -0.3 is 15.1 Å². The number of amides is 1. The van der Waals surface area contributed by atoms with Crippen molar-refractivity contribution in [3.63, 3.8) is 0 Å². The zero-order valence-corrected chi connectivity index (χ0v) is 10.4. The van der Waals surface area contributed by atoms with Crippen LogP contribution in [0.25, 0.3) is 0 Å². The number of carbonyl (C=O) groups is 1. The molecule has 0 saturated carbocycles. The van der Waals surface area contributed by atoms with Gasteiger partial charge in [-0.3, -0.25) is 4.79 Å². The number of hydrogen-bond acceptors (Lipinski definition) is 3. The largest absolute Gasteiger partial charge is 0.383 e. The van der Waals surface area contributed by atoms with E-state index >= 15 is 0 Å². The standard InChI is InChI=1S/C13H19N3O/c1-15(2)13(17)10-16-9-5-8-14-11-6-3-4-7-12(11)16/h3-4,6-7,14H,5,8-10H2,1-2H3. The number of carbonyl (C=O) groups excluding carboxylic acids is 1. The Morgan fingerprint density at radius 1 is 1.41 bits per heavy atom. The summed E-state index contributed by atoms with van der Waals surface area (Å²) in [5.41, 5.74) is 2.25. The molecule has 0 radical (unpaired) electrons. The van der Waals surface area contributed by atoms with Gasteiger partial charge in [-0.05, 0) is 18.6 Å². The Morgan fingerprint density at radius 3 is 2.94 bits per heavy atom. The van der Waals surface area contributed by atoms with E-state index in [0.29, 0.717) is 6.54 Å². The number of rotatable bonds is 2. The van der Waals surface area contributed by atoms with Crippen molar-refractivity contribution >= 4 is 17.3 Å². The van der Waals surface area contributed by atoms with E-state index in [0.717, 1.165) is 30.9 Å². The van der Waals surface area contributed by atoms with Crippen LogP contribution in [0.4, 0.5) is 11.4 Å². The van der Waals surface area contributed by atoms with Crippen LogP contribution >= 0.6 is 0 Å². The molecule has 0 aromatic heterocycles. The zero-order chi connectivity index (χ0) is 12.3. The van der Waals surface area contributed by atoms with E-state index in [9.17, 15) is 4.79 Å². The molecule has 0 atom stereocenters. The number of anilines is 2. The lowest BCUT2D eigenvalue weighted by Gasteiger charge is -2.25. The Kier molecular flexibility index (Phi) is 3.52. The molecule has 92 valence electrons. The number of likely N-dealkylation sites (N-methyl/N-ethyl adjacent to an activating group) is 1. The first-order valence-corrected chi connectivity index (χ1v) is 5.96. The van der Waals surface area contributed by atoms with Crippen molar-refractivity contribution in [2.45, 2.75) is 6.42 Å². The van der Waals surface area contributed by atoms with Crippen LogP contribution < -0.4 is 10.2 Å². The molecule has 17 heavy (non-hydrogen) atoms. The lowest BCUT2D eigenvalue weighted by Crippen LogP contribution is -2.37. The average molecular weight is 233 g/mol. The van der Waals surface area contributed by atoms with Crippen molar-refractivity contribution in [1.29, 1.82) is 0 Å². The lowest BCUT2D eigenvalue weighted by atomic mass is 10.2. The summed E-state index contributed by atoms with van der Waals surface area (Å²) in [7, 11) is 3.59. The first-order chi connectivity index (χ1) is 8.18. The minimum absolute atomic E-state index is 0.140. The molecule has 4 heteroatoms. The summed E-state index contributed by atoms with van der Waals surface area (Å²) in [4.78, 5) is 15.6. The van der Waals surface area contributed by atoms with Crippen LogP contribution in [0.2, 0.25) is 0 Å². The molecule has 1 amide bonds. The molecule has 2 rings (SSSR count). The molecule has 0 unspecified atom stereocenters. The van der Waals surface area contributed by atoms with Gasteiger partial charge in [0.25, 0.3) is 0 Å². The number of fused-ring (bicyclic) bond motifs is 1. The molecule has 0 aliphatic carbocycles. The van der Waals surface area contributed by atoms with E-state index in [1.54, 1.807) is 19.0 Å². The molecule has 0 fully saturated rings. The summed E-state index contributed by atoms with van der Waals surface area (Å²) in [5, 5.41) is 3.39. The first kappa shape index (κ1) is 11.8. The van der Waals surface area contributed by atoms with Gasteiger partial charge in [0, 0.05) is 27.2 Å². The highest BCUT2D eigenvalue weighted by Gasteiger charge is 2.17. The van der Waals surface area contributed by atoms with Crippen LogP contribution in [0.15, 0.2) is 24.3 Å². The molecule has 1 aromatic carbocycles. The van der Waals surface area contributed by atoms with Crippen LogP contribution in [0.5, 0.6) is 0 Å². The van der Waals surface area contributed by atoms with E-state index in [1.165, 1.54) is 0 Å². The van der Waals surface area contributed by atoms with Crippen LogP contribution in [0.3, 0.4) is 0 Å². The molecular formula is C13H19N3O. The van der Waals surface area contributed by atoms with Crippen molar-refractivity contribution in [3.05, 3.63) is 24.3 Å². The summed E-state index contributed by atoms with van der Waals surface area (Å²) >= 11 is 0. The van der Waals surface area contributed by atoms with E-state index < -0.39 is 0 Å². The molecule has 1 aliphatic heterocycles. The highest BCUT2D eigenvalue weighted by molar-refractivity contribution is 5.83. The third-order valence-electron chi connectivity index (χ3n) is 2.99. The highest BCUT2D eigenvalue weighted by atomic mass is 16.2. The number of nitrogens with one attached hydrogen (secondary N) is 1. The highest BCUT2D eigenvalue weighted by Crippen LogP contribution is 2.27. The van der Waals surface area contributed by atoms with Crippen LogP contribution in [-0.4, -0.2) is 44.5 Å². The fraction of sp³-hybridized carbons (Fsp3) is 0.462. The normalized spacial score (nSPS) is 14.6. The van der Waals surface area contributed by atoms with Gasteiger partial charge in [0.05, 0.1) is 17.9 Å². The van der Waals surface area contributed by atoms with E-state index in [2.05, 4.69) is 22.3 Å². The van der Waals surface area contributed by atoms with Gasteiger partial charge in [0.15, 0.2) is 0 Å². The van der Waals surface area contributed by atoms with Gasteiger partial charge in [-0.2, -0.15) is 0 Å². The first-order valence-electron chi connectivity index (χ1n) is 5.96. The second kappa shape index (κ2) is 5.08. The minimum Gasteiger partial charge on any atom is -0.383 e. The molecule has 4 nitrogen and oxygen atoms in total. The predicted octanol–water partition coefficient (Wildman–Crippen LogP) is 1.40.